The van der Waals surface area contributed by atoms with Gasteiger partial charge in [0.15, 0.2) is 0 Å². The number of hydrogen-bond donors (Lipinski definition) is 2. The van der Waals surface area contributed by atoms with E-state index in [9.17, 15) is 4.79 Å². The van der Waals surface area contributed by atoms with Crippen LogP contribution in [0.25, 0.3) is 0 Å². The first-order valence-electron chi connectivity index (χ1n) is 4.43. The van der Waals surface area contributed by atoms with Gasteiger partial charge in [-0.1, -0.05) is 12.2 Å². The lowest BCUT2D eigenvalue weighted by molar-refractivity contribution is -0.142. The Labute approximate surface area is 70.5 Å². The Hall–Kier alpha value is -0.830. The molecule has 12 heavy (non-hydrogen) atoms. The maximum atomic E-state index is 10.8. The summed E-state index contributed by atoms with van der Waals surface area (Å²) in [7, 11) is 0. The van der Waals surface area contributed by atoms with E-state index >= 15 is 0 Å². The van der Waals surface area contributed by atoms with Crippen molar-refractivity contribution in [2.75, 3.05) is 6.54 Å². The third-order valence-corrected chi connectivity index (χ3v) is 3.66. The summed E-state index contributed by atoms with van der Waals surface area (Å²) in [5.74, 6) is 1.60. The lowest BCUT2D eigenvalue weighted by Gasteiger charge is -2.52. The topological polar surface area (TPSA) is 49.3 Å². The molecule has 5 unspecified atom stereocenters. The molecule has 0 aromatic heterocycles. The maximum Gasteiger partial charge on any atom is 0.321 e. The summed E-state index contributed by atoms with van der Waals surface area (Å²) in [6.45, 7) is 0.896. The molecule has 2 aliphatic carbocycles. The zero-order valence-corrected chi connectivity index (χ0v) is 6.60. The number of aliphatic carboxylic acids is 1. The molecule has 0 radical (unpaired) electrons. The van der Waals surface area contributed by atoms with Gasteiger partial charge in [-0.3, -0.25) is 4.79 Å². The molecule has 2 fully saturated rings. The lowest BCUT2D eigenvalue weighted by Crippen LogP contribution is -2.52. The molecule has 5 atom stereocenters. The number of carboxylic acids is 1. The summed E-state index contributed by atoms with van der Waals surface area (Å²) in [6, 6.07) is -0.277. The highest BCUT2D eigenvalue weighted by Gasteiger charge is 2.59. The van der Waals surface area contributed by atoms with Crippen molar-refractivity contribution in [3.05, 3.63) is 12.2 Å². The Morgan fingerprint density at radius 1 is 1.42 bits per heavy atom. The Morgan fingerprint density at radius 2 is 2.17 bits per heavy atom. The second-order valence-corrected chi connectivity index (χ2v) is 4.00. The molecule has 3 rings (SSSR count). The van der Waals surface area contributed by atoms with Gasteiger partial charge in [0, 0.05) is 0 Å². The van der Waals surface area contributed by atoms with Gasteiger partial charge in [-0.05, 0) is 30.2 Å². The molecule has 1 saturated heterocycles. The molecular weight excluding hydrogens is 154 g/mol. The van der Waals surface area contributed by atoms with Gasteiger partial charge in [0.2, 0.25) is 0 Å². The maximum absolute atomic E-state index is 10.8. The fourth-order valence-electron chi connectivity index (χ4n) is 2.97. The van der Waals surface area contributed by atoms with Gasteiger partial charge < -0.3 is 10.4 Å². The lowest BCUT2D eigenvalue weighted by atomic mass is 9.51. The summed E-state index contributed by atoms with van der Waals surface area (Å²) in [5.41, 5.74) is 0. The number of carbonyl (C=O) groups is 1. The predicted octanol–water partition coefficient (Wildman–Crippen LogP) is 0.0910. The van der Waals surface area contributed by atoms with Crippen LogP contribution in [-0.2, 0) is 4.79 Å². The molecule has 3 aliphatic rings. The molecule has 64 valence electrons. The van der Waals surface area contributed by atoms with E-state index in [4.69, 9.17) is 5.11 Å². The van der Waals surface area contributed by atoms with E-state index in [0.717, 1.165) is 6.54 Å². The first-order chi connectivity index (χ1) is 5.79. The van der Waals surface area contributed by atoms with E-state index in [-0.39, 0.29) is 6.04 Å². The standard InChI is InChI=1S/C9H11NO2/c11-9(12)8-7-5-2-1-4(5)6(7)3-10-8/h1-2,4-8,10H,3H2,(H,11,12). The average molecular weight is 165 g/mol. The van der Waals surface area contributed by atoms with Gasteiger partial charge in [-0.25, -0.2) is 0 Å². The molecule has 0 aromatic carbocycles. The Kier molecular flexibility index (Phi) is 1.06. The van der Waals surface area contributed by atoms with Crippen molar-refractivity contribution in [2.45, 2.75) is 6.04 Å². The molecule has 2 N–H and O–H groups in total. The highest BCUT2D eigenvalue weighted by atomic mass is 16.4. The summed E-state index contributed by atoms with van der Waals surface area (Å²) in [4.78, 5) is 10.8. The minimum atomic E-state index is -0.679. The minimum Gasteiger partial charge on any atom is -0.480 e. The first-order valence-corrected chi connectivity index (χ1v) is 4.43. The highest BCUT2D eigenvalue weighted by molar-refractivity contribution is 5.75. The Morgan fingerprint density at radius 3 is 2.75 bits per heavy atom. The highest BCUT2D eigenvalue weighted by Crippen LogP contribution is 2.56. The van der Waals surface area contributed by atoms with Gasteiger partial charge in [-0.2, -0.15) is 0 Å². The third-order valence-electron chi connectivity index (χ3n) is 3.66. The molecule has 3 heteroatoms. The number of carboxylic acid groups (broad SMARTS) is 1. The van der Waals surface area contributed by atoms with E-state index in [1.54, 1.807) is 0 Å². The zero-order valence-electron chi connectivity index (χ0n) is 6.60. The van der Waals surface area contributed by atoms with Crippen molar-refractivity contribution in [1.29, 1.82) is 0 Å². The number of allylic oxidation sites excluding steroid dienone is 2. The van der Waals surface area contributed by atoms with Gasteiger partial charge >= 0.3 is 5.97 Å². The van der Waals surface area contributed by atoms with E-state index in [0.29, 0.717) is 23.7 Å². The Bertz CT molecular complexity index is 274. The minimum absolute atomic E-state index is 0.277. The second kappa shape index (κ2) is 1.91. The number of nitrogens with one attached hydrogen (secondary N) is 1. The third kappa shape index (κ3) is 0.556. The average Bonchev–Trinajstić information content (AvgIpc) is 2.29. The fraction of sp³-hybridized carbons (Fsp3) is 0.667. The van der Waals surface area contributed by atoms with E-state index in [1.165, 1.54) is 0 Å². The largest absolute Gasteiger partial charge is 0.480 e. The summed E-state index contributed by atoms with van der Waals surface area (Å²) in [6.07, 6.45) is 4.38. The fourth-order valence-corrected chi connectivity index (χ4v) is 2.97. The first kappa shape index (κ1) is 6.66. The van der Waals surface area contributed by atoms with Crippen LogP contribution in [0.5, 0.6) is 0 Å². The zero-order chi connectivity index (χ0) is 8.29. The van der Waals surface area contributed by atoms with Crippen molar-refractivity contribution in [3.8, 4) is 0 Å². The molecule has 0 bridgehead atoms. The van der Waals surface area contributed by atoms with Crippen LogP contribution in [0.15, 0.2) is 12.2 Å². The van der Waals surface area contributed by atoms with Crippen molar-refractivity contribution in [1.82, 2.24) is 5.32 Å². The van der Waals surface area contributed by atoms with Gasteiger partial charge in [-0.15, -0.1) is 0 Å². The van der Waals surface area contributed by atoms with Crippen molar-refractivity contribution >= 4 is 5.97 Å². The summed E-state index contributed by atoms with van der Waals surface area (Å²) >= 11 is 0. The van der Waals surface area contributed by atoms with Crippen molar-refractivity contribution in [3.63, 3.8) is 0 Å². The number of rotatable bonds is 1. The van der Waals surface area contributed by atoms with Crippen molar-refractivity contribution < 1.29 is 9.90 Å². The molecule has 0 aromatic rings. The van der Waals surface area contributed by atoms with Crippen molar-refractivity contribution in [2.24, 2.45) is 23.7 Å². The van der Waals surface area contributed by atoms with Crippen LogP contribution in [0.1, 0.15) is 0 Å². The smallest absolute Gasteiger partial charge is 0.321 e. The van der Waals surface area contributed by atoms with Crippen LogP contribution >= 0.6 is 0 Å². The van der Waals surface area contributed by atoms with E-state index in [1.807, 2.05) is 0 Å². The van der Waals surface area contributed by atoms with E-state index < -0.39 is 5.97 Å². The molecule has 0 spiro atoms. The molecule has 1 aliphatic heterocycles. The van der Waals surface area contributed by atoms with E-state index in [2.05, 4.69) is 17.5 Å². The van der Waals surface area contributed by atoms with Crippen LogP contribution in [-0.4, -0.2) is 23.7 Å². The van der Waals surface area contributed by atoms with Crippen LogP contribution in [0.2, 0.25) is 0 Å². The summed E-state index contributed by atoms with van der Waals surface area (Å²) in [5, 5.41) is 12.0. The van der Waals surface area contributed by atoms with Gasteiger partial charge in [0.05, 0.1) is 0 Å². The Balaban J connectivity index is 1.85. The normalized spacial score (nSPS) is 53.5. The monoisotopic (exact) mass is 165 g/mol. The van der Waals surface area contributed by atoms with Crippen LogP contribution < -0.4 is 5.32 Å². The molecular formula is C9H11NO2. The molecule has 0 amide bonds. The molecule has 1 saturated carbocycles. The van der Waals surface area contributed by atoms with Crippen LogP contribution in [0.4, 0.5) is 0 Å². The quantitative estimate of drug-likeness (QED) is 0.541. The molecule has 1 heterocycles. The number of hydrogen-bond acceptors (Lipinski definition) is 2. The summed E-state index contributed by atoms with van der Waals surface area (Å²) < 4.78 is 0. The van der Waals surface area contributed by atoms with Crippen LogP contribution in [0.3, 0.4) is 0 Å². The van der Waals surface area contributed by atoms with Gasteiger partial charge in [0.25, 0.3) is 0 Å². The number of fused-ring (bicyclic) bond motifs is 4. The van der Waals surface area contributed by atoms with Gasteiger partial charge in [0.1, 0.15) is 6.04 Å². The second-order valence-electron chi connectivity index (χ2n) is 4.00. The molecule has 3 nitrogen and oxygen atoms in total. The SMILES string of the molecule is O=C(O)C1NCC2C3C=CC3C12. The van der Waals surface area contributed by atoms with Crippen LogP contribution in [0, 0.1) is 23.7 Å². The predicted molar refractivity (Wildman–Crippen MR) is 42.5 cm³/mol.